The molecule has 1 spiro atoms. The highest BCUT2D eigenvalue weighted by Crippen LogP contribution is 2.51. The van der Waals surface area contributed by atoms with Crippen LogP contribution in [0.25, 0.3) is 0 Å². The molecule has 1 aliphatic heterocycles. The summed E-state index contributed by atoms with van der Waals surface area (Å²) in [6.07, 6.45) is 2.85. The van der Waals surface area contributed by atoms with Crippen molar-refractivity contribution in [2.24, 2.45) is 5.84 Å². The number of nitrogens with zero attached hydrogens (tertiary/aromatic N) is 1. The van der Waals surface area contributed by atoms with Crippen LogP contribution < -0.4 is 5.84 Å². The Labute approximate surface area is 148 Å². The topological polar surface area (TPSA) is 55.6 Å². The number of rotatable bonds is 3. The minimum atomic E-state index is -0.163. The van der Waals surface area contributed by atoms with Gasteiger partial charge in [0.05, 0.1) is 5.92 Å². The summed E-state index contributed by atoms with van der Waals surface area (Å²) in [6, 6.07) is 18.2. The van der Waals surface area contributed by atoms with E-state index in [1.165, 1.54) is 5.56 Å². The number of benzene rings is 2. The molecular weight excluding hydrogens is 312 g/mol. The van der Waals surface area contributed by atoms with Gasteiger partial charge in [0, 0.05) is 13.1 Å². The highest BCUT2D eigenvalue weighted by atomic mass is 16.5. The molecule has 2 N–H and O–H groups in total. The van der Waals surface area contributed by atoms with Crippen LogP contribution in [0.1, 0.15) is 41.9 Å². The fourth-order valence-corrected chi connectivity index (χ4v) is 4.36. The summed E-state index contributed by atoms with van der Waals surface area (Å²) in [4.78, 5) is 12.8. The van der Waals surface area contributed by atoms with Gasteiger partial charge in [-0.1, -0.05) is 54.6 Å². The van der Waals surface area contributed by atoms with Crippen molar-refractivity contribution in [3.8, 4) is 0 Å². The number of carbonyl (C=O) groups is 1. The van der Waals surface area contributed by atoms with Crippen LogP contribution in [-0.4, -0.2) is 24.1 Å². The molecule has 0 saturated carbocycles. The zero-order valence-electron chi connectivity index (χ0n) is 14.4. The summed E-state index contributed by atoms with van der Waals surface area (Å²) in [7, 11) is 0. The Bertz CT molecular complexity index is 752. The van der Waals surface area contributed by atoms with Gasteiger partial charge in [-0.05, 0) is 41.4 Å². The summed E-state index contributed by atoms with van der Waals surface area (Å²) in [5.74, 6) is 5.68. The quantitative estimate of drug-likeness (QED) is 0.691. The maximum absolute atomic E-state index is 12.8. The Morgan fingerprint density at radius 1 is 1.08 bits per heavy atom. The Kier molecular flexibility index (Phi) is 4.32. The van der Waals surface area contributed by atoms with E-state index in [0.29, 0.717) is 6.61 Å². The van der Waals surface area contributed by atoms with E-state index in [-0.39, 0.29) is 17.3 Å². The molecule has 0 aromatic heterocycles. The molecular formula is C21H24N2O2. The highest BCUT2D eigenvalue weighted by molar-refractivity contribution is 5.80. The van der Waals surface area contributed by atoms with Crippen LogP contribution in [0, 0.1) is 0 Å². The van der Waals surface area contributed by atoms with Gasteiger partial charge in [0.1, 0.15) is 6.61 Å². The molecule has 4 rings (SSSR count). The predicted molar refractivity (Wildman–Crippen MR) is 96.7 cm³/mol. The van der Waals surface area contributed by atoms with Crippen molar-refractivity contribution < 1.29 is 9.53 Å². The summed E-state index contributed by atoms with van der Waals surface area (Å²) >= 11 is 0. The van der Waals surface area contributed by atoms with E-state index in [2.05, 4.69) is 18.2 Å². The van der Waals surface area contributed by atoms with Gasteiger partial charge in [0.2, 0.25) is 0 Å². The van der Waals surface area contributed by atoms with Crippen LogP contribution in [0.3, 0.4) is 0 Å². The van der Waals surface area contributed by atoms with Crippen LogP contribution in [0.5, 0.6) is 0 Å². The largest absolute Gasteiger partial charge is 0.460 e. The van der Waals surface area contributed by atoms with Crippen molar-refractivity contribution in [2.45, 2.75) is 37.2 Å². The van der Waals surface area contributed by atoms with Crippen LogP contribution >= 0.6 is 0 Å². The second kappa shape index (κ2) is 6.62. The molecule has 1 heterocycles. The Morgan fingerprint density at radius 3 is 2.52 bits per heavy atom. The van der Waals surface area contributed by atoms with E-state index >= 15 is 0 Å². The molecule has 4 nitrogen and oxygen atoms in total. The average Bonchev–Trinajstić information content (AvgIpc) is 2.98. The first-order valence-electron chi connectivity index (χ1n) is 8.98. The molecule has 2 aromatic rings. The number of esters is 1. The lowest BCUT2D eigenvalue weighted by molar-refractivity contribution is -0.147. The number of fused-ring (bicyclic) bond motifs is 2. The minimum absolute atomic E-state index is 0.0723. The number of carbonyl (C=O) groups excluding carboxylic acids is 1. The molecule has 1 atom stereocenters. The lowest BCUT2D eigenvalue weighted by Gasteiger charge is -2.38. The van der Waals surface area contributed by atoms with Gasteiger partial charge < -0.3 is 4.74 Å². The maximum Gasteiger partial charge on any atom is 0.313 e. The molecule has 0 bridgehead atoms. The fraction of sp³-hybridized carbons (Fsp3) is 0.381. The predicted octanol–water partition coefficient (Wildman–Crippen LogP) is 3.12. The molecule has 0 amide bonds. The number of hydrazine groups is 1. The average molecular weight is 336 g/mol. The smallest absolute Gasteiger partial charge is 0.313 e. The molecule has 2 aromatic carbocycles. The molecule has 1 fully saturated rings. The van der Waals surface area contributed by atoms with E-state index in [0.717, 1.165) is 43.5 Å². The number of ether oxygens (including phenoxy) is 1. The first-order valence-corrected chi connectivity index (χ1v) is 8.98. The van der Waals surface area contributed by atoms with Gasteiger partial charge in [-0.2, -0.15) is 0 Å². The van der Waals surface area contributed by atoms with Crippen LogP contribution in [0.4, 0.5) is 0 Å². The number of nitrogens with two attached hydrogens (primary N) is 1. The van der Waals surface area contributed by atoms with Crippen molar-refractivity contribution in [3.05, 3.63) is 71.3 Å². The van der Waals surface area contributed by atoms with E-state index in [1.54, 1.807) is 0 Å². The number of hydrogen-bond donors (Lipinski definition) is 1. The molecule has 1 saturated heterocycles. The van der Waals surface area contributed by atoms with Gasteiger partial charge in [0.25, 0.3) is 0 Å². The van der Waals surface area contributed by atoms with Crippen LogP contribution in [-0.2, 0) is 21.6 Å². The Balaban J connectivity index is 1.53. The second-order valence-electron chi connectivity index (χ2n) is 7.25. The summed E-state index contributed by atoms with van der Waals surface area (Å²) in [5, 5.41) is 1.88. The van der Waals surface area contributed by atoms with Gasteiger partial charge in [-0.15, -0.1) is 0 Å². The Morgan fingerprint density at radius 2 is 1.76 bits per heavy atom. The van der Waals surface area contributed by atoms with Crippen molar-refractivity contribution in [2.75, 3.05) is 13.1 Å². The van der Waals surface area contributed by atoms with Crippen molar-refractivity contribution >= 4 is 5.97 Å². The Hall–Kier alpha value is -2.17. The first-order chi connectivity index (χ1) is 12.2. The van der Waals surface area contributed by atoms with Gasteiger partial charge in [-0.25, -0.2) is 5.01 Å². The normalized spacial score (nSPS) is 21.9. The third-order valence-corrected chi connectivity index (χ3v) is 5.77. The molecule has 25 heavy (non-hydrogen) atoms. The third kappa shape index (κ3) is 3.08. The van der Waals surface area contributed by atoms with Crippen molar-refractivity contribution in [1.29, 1.82) is 0 Å². The summed E-state index contributed by atoms with van der Waals surface area (Å²) in [5.41, 5.74) is 3.56. The van der Waals surface area contributed by atoms with Crippen molar-refractivity contribution in [3.63, 3.8) is 0 Å². The summed E-state index contributed by atoms with van der Waals surface area (Å²) in [6.45, 7) is 2.09. The third-order valence-electron chi connectivity index (χ3n) is 5.77. The lowest BCUT2D eigenvalue weighted by Crippen LogP contribution is -2.45. The standard InChI is InChI=1S/C21H24N2O2/c22-23-12-10-21(11-13-23)14-18(17-8-4-5-9-19(17)21)20(24)25-15-16-6-2-1-3-7-16/h1-9,18H,10-15,22H2. The zero-order valence-corrected chi connectivity index (χ0v) is 14.4. The molecule has 4 heteroatoms. The fourth-order valence-electron chi connectivity index (χ4n) is 4.36. The SMILES string of the molecule is NN1CCC2(CC1)CC(C(=O)OCc1ccccc1)c1ccccc12. The monoisotopic (exact) mass is 336 g/mol. The first kappa shape index (κ1) is 16.3. The number of piperidine rings is 1. The van der Waals surface area contributed by atoms with Gasteiger partial charge in [0.15, 0.2) is 0 Å². The van der Waals surface area contributed by atoms with E-state index in [1.807, 2.05) is 41.4 Å². The minimum Gasteiger partial charge on any atom is -0.460 e. The summed E-state index contributed by atoms with van der Waals surface area (Å²) < 4.78 is 5.65. The highest BCUT2D eigenvalue weighted by Gasteiger charge is 2.47. The van der Waals surface area contributed by atoms with E-state index in [4.69, 9.17) is 10.6 Å². The van der Waals surface area contributed by atoms with Gasteiger partial charge in [-0.3, -0.25) is 10.6 Å². The van der Waals surface area contributed by atoms with Gasteiger partial charge >= 0.3 is 5.97 Å². The second-order valence-corrected chi connectivity index (χ2v) is 7.25. The van der Waals surface area contributed by atoms with Crippen LogP contribution in [0.2, 0.25) is 0 Å². The molecule has 1 aliphatic carbocycles. The maximum atomic E-state index is 12.8. The molecule has 0 radical (unpaired) electrons. The van der Waals surface area contributed by atoms with Crippen LogP contribution in [0.15, 0.2) is 54.6 Å². The zero-order chi connectivity index (χ0) is 17.3. The molecule has 130 valence electrons. The molecule has 1 unspecified atom stereocenters. The van der Waals surface area contributed by atoms with Crippen molar-refractivity contribution in [1.82, 2.24) is 5.01 Å². The number of hydrogen-bond acceptors (Lipinski definition) is 4. The molecule has 2 aliphatic rings. The van der Waals surface area contributed by atoms with E-state index < -0.39 is 0 Å². The lowest BCUT2D eigenvalue weighted by atomic mass is 9.73. The van der Waals surface area contributed by atoms with E-state index in [9.17, 15) is 4.79 Å².